The molecule has 0 aromatic heterocycles. The Labute approximate surface area is 136 Å². The number of nitrogens with two attached hydrogens (primary N) is 2. The average molecular weight is 323 g/mol. The Balaban J connectivity index is 2.82. The van der Waals surface area contributed by atoms with E-state index in [1.165, 1.54) is 0 Å². The van der Waals surface area contributed by atoms with E-state index in [1.807, 2.05) is 13.8 Å². The number of hydrogen-bond donors (Lipinski definition) is 3. The van der Waals surface area contributed by atoms with Crippen molar-refractivity contribution in [3.05, 3.63) is 18.2 Å². The standard InChI is InChI=1S/C16H25N3O4/c1-3-7-22-13-6-5-11(9-14(13)23-8-4-2)19-16(21)12(17)10-15(18)20/h5-6,9,12H,3-4,7-8,10,17H2,1-2H3,(H2,18,20)(H,19,21). The molecule has 0 aliphatic heterocycles. The molecule has 1 unspecified atom stereocenters. The van der Waals surface area contributed by atoms with Crippen LogP contribution in [0.4, 0.5) is 5.69 Å². The molecule has 0 spiro atoms. The van der Waals surface area contributed by atoms with Crippen molar-refractivity contribution in [2.24, 2.45) is 11.5 Å². The molecule has 0 saturated carbocycles. The van der Waals surface area contributed by atoms with E-state index in [4.69, 9.17) is 20.9 Å². The van der Waals surface area contributed by atoms with Crippen molar-refractivity contribution in [2.75, 3.05) is 18.5 Å². The molecule has 7 nitrogen and oxygen atoms in total. The molecule has 0 aliphatic rings. The fraction of sp³-hybridized carbons (Fsp3) is 0.500. The molecular weight excluding hydrogens is 298 g/mol. The number of amides is 2. The van der Waals surface area contributed by atoms with Gasteiger partial charge in [-0.25, -0.2) is 0 Å². The monoisotopic (exact) mass is 323 g/mol. The van der Waals surface area contributed by atoms with Crippen LogP contribution in [0.2, 0.25) is 0 Å². The van der Waals surface area contributed by atoms with Crippen LogP contribution in [0.25, 0.3) is 0 Å². The summed E-state index contributed by atoms with van der Waals surface area (Å²) in [5, 5.41) is 2.64. The average Bonchev–Trinajstić information content (AvgIpc) is 2.51. The molecular formula is C16H25N3O4. The molecule has 5 N–H and O–H groups in total. The first-order chi connectivity index (χ1) is 11.0. The smallest absolute Gasteiger partial charge is 0.241 e. The molecule has 0 saturated heterocycles. The van der Waals surface area contributed by atoms with Gasteiger partial charge < -0.3 is 26.3 Å². The maximum Gasteiger partial charge on any atom is 0.241 e. The molecule has 7 heteroatoms. The summed E-state index contributed by atoms with van der Waals surface area (Å²) in [6.07, 6.45) is 1.53. The van der Waals surface area contributed by atoms with E-state index in [1.54, 1.807) is 18.2 Å². The summed E-state index contributed by atoms with van der Waals surface area (Å²) < 4.78 is 11.3. The molecule has 0 heterocycles. The van der Waals surface area contributed by atoms with Gasteiger partial charge in [-0.15, -0.1) is 0 Å². The summed E-state index contributed by atoms with van der Waals surface area (Å²) in [5.41, 5.74) is 11.2. The summed E-state index contributed by atoms with van der Waals surface area (Å²) in [6, 6.07) is 4.12. The number of anilines is 1. The lowest BCUT2D eigenvalue weighted by Crippen LogP contribution is -2.38. The largest absolute Gasteiger partial charge is 0.490 e. The van der Waals surface area contributed by atoms with E-state index in [9.17, 15) is 9.59 Å². The van der Waals surface area contributed by atoms with E-state index in [2.05, 4.69) is 5.32 Å². The zero-order chi connectivity index (χ0) is 17.2. The Kier molecular flexibility index (Phi) is 7.90. The Bertz CT molecular complexity index is 534. The van der Waals surface area contributed by atoms with E-state index in [0.717, 1.165) is 12.8 Å². The van der Waals surface area contributed by atoms with Gasteiger partial charge in [0.25, 0.3) is 0 Å². The van der Waals surface area contributed by atoms with Crippen LogP contribution in [-0.4, -0.2) is 31.1 Å². The molecule has 1 rings (SSSR count). The van der Waals surface area contributed by atoms with Gasteiger partial charge in [-0.1, -0.05) is 13.8 Å². The van der Waals surface area contributed by atoms with Crippen molar-refractivity contribution in [1.29, 1.82) is 0 Å². The molecule has 128 valence electrons. The van der Waals surface area contributed by atoms with Crippen LogP contribution in [0, 0.1) is 0 Å². The number of hydrogen-bond acceptors (Lipinski definition) is 5. The molecule has 23 heavy (non-hydrogen) atoms. The molecule has 2 amide bonds. The number of ether oxygens (including phenoxy) is 2. The van der Waals surface area contributed by atoms with Gasteiger partial charge in [-0.05, 0) is 25.0 Å². The maximum absolute atomic E-state index is 11.9. The van der Waals surface area contributed by atoms with Gasteiger partial charge in [0.1, 0.15) is 0 Å². The second kappa shape index (κ2) is 9.68. The normalized spacial score (nSPS) is 11.6. The van der Waals surface area contributed by atoms with Crippen LogP contribution in [0.15, 0.2) is 18.2 Å². The van der Waals surface area contributed by atoms with Gasteiger partial charge in [0.05, 0.1) is 25.7 Å². The summed E-state index contributed by atoms with van der Waals surface area (Å²) in [4.78, 5) is 22.7. The third-order valence-electron chi connectivity index (χ3n) is 2.89. The predicted octanol–water partition coefficient (Wildman–Crippen LogP) is 1.41. The highest BCUT2D eigenvalue weighted by Gasteiger charge is 2.17. The highest BCUT2D eigenvalue weighted by molar-refractivity contribution is 5.97. The van der Waals surface area contributed by atoms with Gasteiger partial charge in [0.15, 0.2) is 11.5 Å². The lowest BCUT2D eigenvalue weighted by atomic mass is 10.2. The lowest BCUT2D eigenvalue weighted by molar-refractivity contribution is -0.123. The van der Waals surface area contributed by atoms with Crippen LogP contribution in [0.3, 0.4) is 0 Å². The highest BCUT2D eigenvalue weighted by atomic mass is 16.5. The Morgan fingerprint density at radius 3 is 2.30 bits per heavy atom. The van der Waals surface area contributed by atoms with Crippen molar-refractivity contribution in [3.63, 3.8) is 0 Å². The van der Waals surface area contributed by atoms with Gasteiger partial charge in [-0.3, -0.25) is 9.59 Å². The quantitative estimate of drug-likeness (QED) is 0.602. The summed E-state index contributed by atoms with van der Waals surface area (Å²) in [7, 11) is 0. The van der Waals surface area contributed by atoms with Gasteiger partial charge in [0.2, 0.25) is 11.8 Å². The van der Waals surface area contributed by atoms with Crippen LogP contribution >= 0.6 is 0 Å². The fourth-order valence-corrected chi connectivity index (χ4v) is 1.79. The molecule has 1 atom stereocenters. The van der Waals surface area contributed by atoms with E-state index in [0.29, 0.717) is 30.4 Å². The number of carbonyl (C=O) groups excluding carboxylic acids is 2. The Hall–Kier alpha value is -2.28. The minimum atomic E-state index is -0.983. The van der Waals surface area contributed by atoms with E-state index >= 15 is 0 Å². The third kappa shape index (κ3) is 6.56. The van der Waals surface area contributed by atoms with Crippen LogP contribution in [-0.2, 0) is 9.59 Å². The topological polar surface area (TPSA) is 117 Å². The van der Waals surface area contributed by atoms with Gasteiger partial charge in [-0.2, -0.15) is 0 Å². The molecule has 0 radical (unpaired) electrons. The number of carbonyl (C=O) groups is 2. The molecule has 1 aromatic rings. The first kappa shape index (κ1) is 18.8. The fourth-order valence-electron chi connectivity index (χ4n) is 1.79. The SMILES string of the molecule is CCCOc1ccc(NC(=O)C(N)CC(N)=O)cc1OCCC. The second-order valence-electron chi connectivity index (χ2n) is 5.12. The minimum Gasteiger partial charge on any atom is -0.490 e. The van der Waals surface area contributed by atoms with Crippen molar-refractivity contribution in [3.8, 4) is 11.5 Å². The zero-order valence-electron chi connectivity index (χ0n) is 13.6. The summed E-state index contributed by atoms with van der Waals surface area (Å²) in [5.74, 6) is 0.0803. The van der Waals surface area contributed by atoms with Crippen LogP contribution < -0.4 is 26.3 Å². The first-order valence-corrected chi connectivity index (χ1v) is 7.72. The maximum atomic E-state index is 11.9. The lowest BCUT2D eigenvalue weighted by Gasteiger charge is -2.15. The van der Waals surface area contributed by atoms with E-state index in [-0.39, 0.29) is 6.42 Å². The molecule has 1 aromatic carbocycles. The summed E-state index contributed by atoms with van der Waals surface area (Å²) in [6.45, 7) is 5.14. The minimum absolute atomic E-state index is 0.206. The predicted molar refractivity (Wildman–Crippen MR) is 88.4 cm³/mol. The van der Waals surface area contributed by atoms with Crippen molar-refractivity contribution in [2.45, 2.75) is 39.2 Å². The number of benzene rings is 1. The van der Waals surface area contributed by atoms with E-state index < -0.39 is 17.9 Å². The molecule has 0 fully saturated rings. The third-order valence-corrected chi connectivity index (χ3v) is 2.89. The Morgan fingerprint density at radius 2 is 1.74 bits per heavy atom. The second-order valence-corrected chi connectivity index (χ2v) is 5.12. The number of nitrogens with one attached hydrogen (secondary N) is 1. The zero-order valence-corrected chi connectivity index (χ0v) is 13.6. The Morgan fingerprint density at radius 1 is 1.13 bits per heavy atom. The van der Waals surface area contributed by atoms with Gasteiger partial charge >= 0.3 is 0 Å². The summed E-state index contributed by atoms with van der Waals surface area (Å²) >= 11 is 0. The van der Waals surface area contributed by atoms with Crippen LogP contribution in [0.5, 0.6) is 11.5 Å². The molecule has 0 aliphatic carbocycles. The van der Waals surface area contributed by atoms with Crippen molar-refractivity contribution < 1.29 is 19.1 Å². The molecule has 0 bridgehead atoms. The number of rotatable bonds is 10. The number of primary amides is 1. The first-order valence-electron chi connectivity index (χ1n) is 7.72. The van der Waals surface area contributed by atoms with Crippen LogP contribution in [0.1, 0.15) is 33.1 Å². The highest BCUT2D eigenvalue weighted by Crippen LogP contribution is 2.31. The van der Waals surface area contributed by atoms with Crippen molar-refractivity contribution >= 4 is 17.5 Å². The van der Waals surface area contributed by atoms with Crippen molar-refractivity contribution in [1.82, 2.24) is 0 Å². The van der Waals surface area contributed by atoms with Gasteiger partial charge in [0, 0.05) is 11.8 Å².